The normalized spacial score (nSPS) is 28.9. The minimum atomic E-state index is -3.67. The third-order valence-corrected chi connectivity index (χ3v) is 6.61. The summed E-state index contributed by atoms with van der Waals surface area (Å²) in [5, 5.41) is 0. The van der Waals surface area contributed by atoms with Gasteiger partial charge < -0.3 is 0 Å². The molecule has 0 spiro atoms. The van der Waals surface area contributed by atoms with Crippen LogP contribution in [0.15, 0.2) is 23.2 Å². The van der Waals surface area contributed by atoms with Gasteiger partial charge in [-0.05, 0) is 68.1 Å². The number of rotatable bonds is 4. The van der Waals surface area contributed by atoms with E-state index in [9.17, 15) is 8.42 Å². The Hall–Kier alpha value is -0.890. The van der Waals surface area contributed by atoms with Crippen molar-refractivity contribution in [3.63, 3.8) is 0 Å². The van der Waals surface area contributed by atoms with Gasteiger partial charge in [0.2, 0.25) is 0 Å². The standard InChI is InChI=1S/C19H26N2S.CH4O3S/c1-3-9-21-10-5-7-14-15-6-4-8-16-18(15)19(12-20-16,13-22-2)11-17(14)21;1-5(2,3)4/h4,6,8,12,14,17H,3,5,7,9-11,13H2,1-2H3;1H3,(H,2,3,4)/t14-,17-,19?;/m1./s1. The molecule has 1 aliphatic carbocycles. The second kappa shape index (κ2) is 8.23. The van der Waals surface area contributed by atoms with Crippen LogP contribution in [0.25, 0.3) is 0 Å². The average molecular weight is 411 g/mol. The summed E-state index contributed by atoms with van der Waals surface area (Å²) in [5.74, 6) is 1.90. The van der Waals surface area contributed by atoms with Gasteiger partial charge >= 0.3 is 0 Å². The van der Waals surface area contributed by atoms with E-state index in [4.69, 9.17) is 9.55 Å². The van der Waals surface area contributed by atoms with Gasteiger partial charge in [0.1, 0.15) is 0 Å². The van der Waals surface area contributed by atoms with E-state index in [-0.39, 0.29) is 5.41 Å². The number of hydrogen-bond acceptors (Lipinski definition) is 5. The zero-order valence-electron chi connectivity index (χ0n) is 16.4. The van der Waals surface area contributed by atoms with E-state index in [1.165, 1.54) is 50.2 Å². The molecule has 2 heterocycles. The van der Waals surface area contributed by atoms with Crippen LogP contribution < -0.4 is 0 Å². The van der Waals surface area contributed by atoms with E-state index < -0.39 is 10.1 Å². The average Bonchev–Trinajstić information content (AvgIpc) is 2.95. The molecule has 27 heavy (non-hydrogen) atoms. The first kappa shape index (κ1) is 20.8. The van der Waals surface area contributed by atoms with E-state index in [0.29, 0.717) is 12.3 Å². The molecule has 1 aromatic rings. The van der Waals surface area contributed by atoms with Crippen molar-refractivity contribution in [2.24, 2.45) is 4.99 Å². The highest BCUT2D eigenvalue weighted by Gasteiger charge is 2.49. The third kappa shape index (κ3) is 4.42. The van der Waals surface area contributed by atoms with Crippen molar-refractivity contribution in [3.8, 4) is 0 Å². The minimum Gasteiger partial charge on any atom is -0.300 e. The number of fused-ring (bicyclic) bond motifs is 2. The molecule has 2 aliphatic heterocycles. The number of likely N-dealkylation sites (tertiary alicyclic amines) is 1. The maximum Gasteiger partial charge on any atom is 0.261 e. The molecule has 4 rings (SSSR count). The Labute approximate surface area is 167 Å². The number of hydrogen-bond donors (Lipinski definition) is 1. The molecule has 5 nitrogen and oxygen atoms in total. The van der Waals surface area contributed by atoms with Crippen LogP contribution in [0.3, 0.4) is 0 Å². The number of piperidine rings is 1. The molecule has 1 saturated heterocycles. The largest absolute Gasteiger partial charge is 0.300 e. The zero-order valence-corrected chi connectivity index (χ0v) is 18.0. The summed E-state index contributed by atoms with van der Waals surface area (Å²) in [5.41, 5.74) is 4.62. The molecule has 0 saturated carbocycles. The minimum absolute atomic E-state index is 0.190. The Bertz CT molecular complexity index is 799. The molecule has 1 unspecified atom stereocenters. The van der Waals surface area contributed by atoms with Crippen molar-refractivity contribution < 1.29 is 13.0 Å². The van der Waals surface area contributed by atoms with Gasteiger partial charge in [-0.3, -0.25) is 14.4 Å². The predicted octanol–water partition coefficient (Wildman–Crippen LogP) is 3.87. The maximum atomic E-state index is 9.19. The first-order chi connectivity index (χ1) is 12.8. The molecule has 0 bridgehead atoms. The Morgan fingerprint density at radius 3 is 2.81 bits per heavy atom. The lowest BCUT2D eigenvalue weighted by molar-refractivity contribution is 0.101. The predicted molar refractivity (Wildman–Crippen MR) is 114 cm³/mol. The van der Waals surface area contributed by atoms with Crippen LogP contribution in [0, 0.1) is 0 Å². The second-order valence-corrected chi connectivity index (χ2v) is 10.2. The van der Waals surface area contributed by atoms with Gasteiger partial charge in [-0.1, -0.05) is 19.1 Å². The van der Waals surface area contributed by atoms with Crippen LogP contribution in [-0.4, -0.2) is 61.5 Å². The van der Waals surface area contributed by atoms with Crippen LogP contribution in [0.5, 0.6) is 0 Å². The van der Waals surface area contributed by atoms with Crippen molar-refractivity contribution in [1.29, 1.82) is 0 Å². The van der Waals surface area contributed by atoms with Crippen molar-refractivity contribution in [1.82, 2.24) is 4.90 Å². The smallest absolute Gasteiger partial charge is 0.261 e. The molecule has 0 radical (unpaired) electrons. The number of nitrogens with zero attached hydrogens (tertiary/aromatic N) is 2. The number of thioether (sulfide) groups is 1. The highest BCUT2D eigenvalue weighted by Crippen LogP contribution is 2.53. The summed E-state index contributed by atoms with van der Waals surface area (Å²) in [7, 11) is -3.67. The third-order valence-electron chi connectivity index (χ3n) is 5.80. The van der Waals surface area contributed by atoms with E-state index in [0.717, 1.165) is 5.92 Å². The van der Waals surface area contributed by atoms with Crippen LogP contribution >= 0.6 is 11.8 Å². The molecule has 0 amide bonds. The van der Waals surface area contributed by atoms with E-state index >= 15 is 0 Å². The fourth-order valence-electron chi connectivity index (χ4n) is 5.05. The molecule has 7 heteroatoms. The van der Waals surface area contributed by atoms with Gasteiger partial charge in [0.05, 0.1) is 11.9 Å². The van der Waals surface area contributed by atoms with Crippen LogP contribution in [0.2, 0.25) is 0 Å². The summed E-state index contributed by atoms with van der Waals surface area (Å²) in [6.07, 6.45) is 10.5. The molecule has 1 aromatic carbocycles. The quantitative estimate of drug-likeness (QED) is 0.763. The lowest BCUT2D eigenvalue weighted by atomic mass is 9.64. The van der Waals surface area contributed by atoms with Gasteiger partial charge in [-0.15, -0.1) is 0 Å². The Morgan fingerprint density at radius 1 is 1.41 bits per heavy atom. The van der Waals surface area contributed by atoms with Crippen LogP contribution in [0.4, 0.5) is 5.69 Å². The van der Waals surface area contributed by atoms with E-state index in [1.54, 1.807) is 11.1 Å². The molecule has 1 fully saturated rings. The fraction of sp³-hybridized carbons (Fsp3) is 0.650. The molecule has 3 atom stereocenters. The molecule has 150 valence electrons. The molecular weight excluding hydrogens is 380 g/mol. The first-order valence-electron chi connectivity index (χ1n) is 9.63. The molecule has 0 aromatic heterocycles. The van der Waals surface area contributed by atoms with Crippen LogP contribution in [-0.2, 0) is 15.5 Å². The van der Waals surface area contributed by atoms with E-state index in [2.05, 4.69) is 42.5 Å². The van der Waals surface area contributed by atoms with Gasteiger partial charge in [0.25, 0.3) is 10.1 Å². The fourth-order valence-corrected chi connectivity index (χ4v) is 5.91. The lowest BCUT2D eigenvalue weighted by Gasteiger charge is -2.50. The highest BCUT2D eigenvalue weighted by molar-refractivity contribution is 7.98. The van der Waals surface area contributed by atoms with Gasteiger partial charge in [-0.25, -0.2) is 0 Å². The SMILES string of the molecule is CCCN1CCC[C@@H]2c3cccc4c3C(CSC)(C=N4)C[C@H]21.CS(=O)(=O)O. The van der Waals surface area contributed by atoms with Crippen molar-refractivity contribution >= 4 is 33.8 Å². The maximum absolute atomic E-state index is 9.19. The number of aliphatic imine (C=N–C) groups is 1. The Balaban J connectivity index is 0.000000376. The highest BCUT2D eigenvalue weighted by atomic mass is 32.2. The van der Waals surface area contributed by atoms with Crippen LogP contribution in [0.1, 0.15) is 49.7 Å². The van der Waals surface area contributed by atoms with E-state index in [1.807, 2.05) is 11.8 Å². The summed E-state index contributed by atoms with van der Waals surface area (Å²) >= 11 is 1.97. The number of benzene rings is 1. The van der Waals surface area contributed by atoms with Crippen molar-refractivity contribution in [2.45, 2.75) is 50.0 Å². The first-order valence-corrected chi connectivity index (χ1v) is 12.9. The summed E-state index contributed by atoms with van der Waals surface area (Å²) < 4.78 is 25.9. The molecule has 3 aliphatic rings. The molecule has 1 N–H and O–H groups in total. The summed E-state index contributed by atoms with van der Waals surface area (Å²) in [4.78, 5) is 7.59. The summed E-state index contributed by atoms with van der Waals surface area (Å²) in [6.45, 7) is 4.85. The molecular formula is C20H30N2O3S2. The van der Waals surface area contributed by atoms with Gasteiger partial charge in [-0.2, -0.15) is 20.2 Å². The van der Waals surface area contributed by atoms with Crippen molar-refractivity contribution in [3.05, 3.63) is 29.3 Å². The topological polar surface area (TPSA) is 70.0 Å². The summed E-state index contributed by atoms with van der Waals surface area (Å²) in [6, 6.07) is 7.55. The van der Waals surface area contributed by atoms with Gasteiger partial charge in [0, 0.05) is 23.4 Å². The lowest BCUT2D eigenvalue weighted by Crippen LogP contribution is -2.52. The zero-order chi connectivity index (χ0) is 19.7. The second-order valence-electron chi connectivity index (χ2n) is 7.88. The Kier molecular flexibility index (Phi) is 6.35. The van der Waals surface area contributed by atoms with Crippen molar-refractivity contribution in [2.75, 3.05) is 31.4 Å². The van der Waals surface area contributed by atoms with Gasteiger partial charge in [0.15, 0.2) is 0 Å². The Morgan fingerprint density at radius 2 is 2.15 bits per heavy atom. The monoisotopic (exact) mass is 410 g/mol.